The van der Waals surface area contributed by atoms with Gasteiger partial charge in [0.25, 0.3) is 0 Å². The van der Waals surface area contributed by atoms with Crippen LogP contribution in [0.2, 0.25) is 0 Å². The molecule has 7 nitrogen and oxygen atoms in total. The first kappa shape index (κ1) is 21.9. The van der Waals surface area contributed by atoms with Gasteiger partial charge >= 0.3 is 0 Å². The Morgan fingerprint density at radius 3 is 2.34 bits per heavy atom. The number of nitrogens with zero attached hydrogens (tertiary/aromatic N) is 3. The molecule has 32 heavy (non-hydrogen) atoms. The first-order valence-corrected chi connectivity index (χ1v) is 10.6. The SMILES string of the molecule is NS(=O)(=O)c1c(F)c(F)c(F)c(F)c1Nc1ncnc2c1CCN(c1ccccc1F)C2. The van der Waals surface area contributed by atoms with Gasteiger partial charge in [-0.25, -0.2) is 45.5 Å². The molecular formula is C19H14F5N5O2S. The Balaban J connectivity index is 1.77. The van der Waals surface area contributed by atoms with Crippen molar-refractivity contribution in [3.8, 4) is 0 Å². The van der Waals surface area contributed by atoms with Crippen molar-refractivity contribution in [2.45, 2.75) is 17.9 Å². The van der Waals surface area contributed by atoms with Crippen LogP contribution in [0.4, 0.5) is 39.1 Å². The standard InChI is InChI=1S/C19H14F5N5O2S/c20-10-3-1-2-4-12(10)29-6-5-9-11(7-29)26-8-27-19(9)28-17-15(23)13(21)14(22)16(24)18(17)32(25,30)31/h1-4,8H,5-7H2,(H2,25,30,31)(H,26,27,28). The van der Waals surface area contributed by atoms with Gasteiger partial charge in [0.2, 0.25) is 10.0 Å². The number of halogens is 5. The summed E-state index contributed by atoms with van der Waals surface area (Å²) in [5, 5.41) is 7.12. The van der Waals surface area contributed by atoms with E-state index >= 15 is 0 Å². The molecule has 0 aliphatic carbocycles. The molecule has 0 bridgehead atoms. The molecule has 0 atom stereocenters. The number of rotatable bonds is 4. The van der Waals surface area contributed by atoms with Gasteiger partial charge in [-0.05, 0) is 18.6 Å². The molecule has 3 N–H and O–H groups in total. The van der Waals surface area contributed by atoms with E-state index in [1.54, 1.807) is 23.1 Å². The molecule has 3 aromatic rings. The van der Waals surface area contributed by atoms with Crippen molar-refractivity contribution < 1.29 is 30.4 Å². The molecule has 4 rings (SSSR count). The van der Waals surface area contributed by atoms with Crippen molar-refractivity contribution >= 4 is 27.2 Å². The van der Waals surface area contributed by atoms with Gasteiger partial charge in [0.05, 0.1) is 17.9 Å². The molecule has 13 heteroatoms. The van der Waals surface area contributed by atoms with E-state index in [4.69, 9.17) is 5.14 Å². The second-order valence-corrected chi connectivity index (χ2v) is 8.40. The van der Waals surface area contributed by atoms with Crippen LogP contribution in [-0.4, -0.2) is 24.9 Å². The fraction of sp³-hybridized carbons (Fsp3) is 0.158. The molecule has 0 fully saturated rings. The Morgan fingerprint density at radius 1 is 0.969 bits per heavy atom. The molecule has 1 aliphatic heterocycles. The number of hydrogen-bond acceptors (Lipinski definition) is 6. The van der Waals surface area contributed by atoms with Gasteiger partial charge in [0, 0.05) is 12.1 Å². The number of nitrogens with one attached hydrogen (secondary N) is 1. The smallest absolute Gasteiger partial charge is 0.243 e. The van der Waals surface area contributed by atoms with Crippen molar-refractivity contribution in [2.75, 3.05) is 16.8 Å². The number of hydrogen-bond donors (Lipinski definition) is 2. The zero-order valence-corrected chi connectivity index (χ0v) is 16.9. The molecule has 0 radical (unpaired) electrons. The average Bonchev–Trinajstić information content (AvgIpc) is 2.75. The van der Waals surface area contributed by atoms with Crippen molar-refractivity contribution in [1.82, 2.24) is 9.97 Å². The topological polar surface area (TPSA) is 101 Å². The Labute approximate surface area is 178 Å². The molecule has 1 aromatic heterocycles. The molecule has 0 saturated heterocycles. The molecule has 2 aromatic carbocycles. The van der Waals surface area contributed by atoms with Crippen LogP contribution in [-0.2, 0) is 23.0 Å². The van der Waals surface area contributed by atoms with Gasteiger partial charge in [0.15, 0.2) is 23.3 Å². The van der Waals surface area contributed by atoms with Crippen LogP contribution in [0.3, 0.4) is 0 Å². The molecule has 0 unspecified atom stereocenters. The van der Waals surface area contributed by atoms with Crippen molar-refractivity contribution in [3.63, 3.8) is 0 Å². The third-order valence-electron chi connectivity index (χ3n) is 4.95. The van der Waals surface area contributed by atoms with Crippen LogP contribution in [0.15, 0.2) is 35.5 Å². The maximum absolute atomic E-state index is 14.4. The fourth-order valence-electron chi connectivity index (χ4n) is 3.48. The lowest BCUT2D eigenvalue weighted by Gasteiger charge is -2.31. The number of benzene rings is 2. The maximum Gasteiger partial charge on any atom is 0.243 e. The zero-order valence-electron chi connectivity index (χ0n) is 16.0. The van der Waals surface area contributed by atoms with E-state index in [9.17, 15) is 30.4 Å². The normalized spacial score (nSPS) is 13.8. The van der Waals surface area contributed by atoms with Crippen LogP contribution in [0.25, 0.3) is 0 Å². The van der Waals surface area contributed by atoms with Crippen LogP contribution in [0, 0.1) is 29.1 Å². The zero-order chi connectivity index (χ0) is 23.2. The Bertz CT molecular complexity index is 1340. The number of anilines is 3. The molecule has 0 spiro atoms. The second kappa shape index (κ2) is 7.98. The van der Waals surface area contributed by atoms with E-state index in [0.717, 1.165) is 6.33 Å². The Kier molecular flexibility index (Phi) is 5.46. The van der Waals surface area contributed by atoms with Crippen LogP contribution in [0.5, 0.6) is 0 Å². The van der Waals surface area contributed by atoms with E-state index in [0.29, 0.717) is 16.9 Å². The summed E-state index contributed by atoms with van der Waals surface area (Å²) in [7, 11) is -4.99. The van der Waals surface area contributed by atoms with Crippen LogP contribution >= 0.6 is 0 Å². The van der Waals surface area contributed by atoms with Gasteiger partial charge in [-0.3, -0.25) is 0 Å². The number of fused-ring (bicyclic) bond motifs is 1. The lowest BCUT2D eigenvalue weighted by atomic mass is 10.0. The Morgan fingerprint density at radius 2 is 1.66 bits per heavy atom. The Hall–Kier alpha value is -3.32. The molecule has 0 saturated carbocycles. The molecule has 168 valence electrons. The fourth-order valence-corrected chi connectivity index (χ4v) is 4.25. The van der Waals surface area contributed by atoms with Crippen LogP contribution < -0.4 is 15.4 Å². The summed E-state index contributed by atoms with van der Waals surface area (Å²) in [6.07, 6.45) is 1.25. The van der Waals surface area contributed by atoms with Gasteiger partial charge in [-0.2, -0.15) is 0 Å². The molecule has 2 heterocycles. The molecular weight excluding hydrogens is 457 g/mol. The lowest BCUT2D eigenvalue weighted by Crippen LogP contribution is -2.32. The number of primary sulfonamides is 1. The second-order valence-electron chi connectivity index (χ2n) is 6.90. The maximum atomic E-state index is 14.4. The highest BCUT2D eigenvalue weighted by Crippen LogP contribution is 2.35. The largest absolute Gasteiger partial charge is 0.363 e. The van der Waals surface area contributed by atoms with E-state index < -0.39 is 49.7 Å². The molecule has 1 aliphatic rings. The first-order valence-electron chi connectivity index (χ1n) is 9.07. The van der Waals surface area contributed by atoms with Crippen molar-refractivity contribution in [1.29, 1.82) is 0 Å². The predicted molar refractivity (Wildman–Crippen MR) is 104 cm³/mol. The minimum absolute atomic E-state index is 0.129. The highest BCUT2D eigenvalue weighted by Gasteiger charge is 2.32. The minimum Gasteiger partial charge on any atom is -0.363 e. The van der Waals surface area contributed by atoms with Crippen molar-refractivity contribution in [3.05, 3.63) is 70.9 Å². The first-order chi connectivity index (χ1) is 15.1. The number of sulfonamides is 1. The van der Waals surface area contributed by atoms with E-state index in [1.807, 2.05) is 0 Å². The van der Waals surface area contributed by atoms with Gasteiger partial charge in [-0.15, -0.1) is 0 Å². The summed E-state index contributed by atoms with van der Waals surface area (Å²) in [6.45, 7) is 0.413. The van der Waals surface area contributed by atoms with E-state index in [2.05, 4.69) is 15.3 Å². The number of nitrogens with two attached hydrogens (primary N) is 1. The highest BCUT2D eigenvalue weighted by atomic mass is 32.2. The van der Waals surface area contributed by atoms with Crippen molar-refractivity contribution in [2.24, 2.45) is 5.14 Å². The number of aromatic nitrogens is 2. The number of para-hydroxylation sites is 1. The minimum atomic E-state index is -4.99. The summed E-state index contributed by atoms with van der Waals surface area (Å²) >= 11 is 0. The third kappa shape index (κ3) is 3.73. The highest BCUT2D eigenvalue weighted by molar-refractivity contribution is 7.89. The van der Waals surface area contributed by atoms with Crippen LogP contribution in [0.1, 0.15) is 11.3 Å². The molecule has 0 amide bonds. The van der Waals surface area contributed by atoms with E-state index in [-0.39, 0.29) is 25.3 Å². The van der Waals surface area contributed by atoms with E-state index in [1.165, 1.54) is 6.07 Å². The summed E-state index contributed by atoms with van der Waals surface area (Å²) in [5.41, 5.74) is -0.125. The predicted octanol–water partition coefficient (Wildman–Crippen LogP) is 3.13. The quantitative estimate of drug-likeness (QED) is 0.345. The van der Waals surface area contributed by atoms with Gasteiger partial charge in [0.1, 0.15) is 28.5 Å². The third-order valence-corrected chi connectivity index (χ3v) is 5.90. The van der Waals surface area contributed by atoms with Gasteiger partial charge in [-0.1, -0.05) is 12.1 Å². The summed E-state index contributed by atoms with van der Waals surface area (Å²) in [5.74, 6) is -9.28. The monoisotopic (exact) mass is 471 g/mol. The van der Waals surface area contributed by atoms with Gasteiger partial charge < -0.3 is 10.2 Å². The summed E-state index contributed by atoms with van der Waals surface area (Å²) in [4.78, 5) is 8.12. The lowest BCUT2D eigenvalue weighted by molar-refractivity contribution is 0.399. The summed E-state index contributed by atoms with van der Waals surface area (Å²) in [6, 6.07) is 6.08. The average molecular weight is 471 g/mol. The summed E-state index contributed by atoms with van der Waals surface area (Å²) < 4.78 is 93.7.